The summed E-state index contributed by atoms with van der Waals surface area (Å²) in [5.41, 5.74) is 1.99. The lowest BCUT2D eigenvalue weighted by Crippen LogP contribution is -2.22. The number of nitrogens with one attached hydrogen (secondary N) is 1. The number of carbonyl (C=O) groups excluding carboxylic acids is 2. The molecule has 7 heteroatoms. The Labute approximate surface area is 162 Å². The molecule has 0 aliphatic heterocycles. The first-order valence-corrected chi connectivity index (χ1v) is 9.40. The van der Waals surface area contributed by atoms with Gasteiger partial charge in [-0.15, -0.1) is 0 Å². The second kappa shape index (κ2) is 8.18. The monoisotopic (exact) mass is 380 g/mol. The minimum absolute atomic E-state index is 0.108. The summed E-state index contributed by atoms with van der Waals surface area (Å²) < 4.78 is 0. The zero-order valence-electron chi connectivity index (χ0n) is 15.4. The van der Waals surface area contributed by atoms with E-state index in [0.717, 1.165) is 15.9 Å². The number of aromatic nitrogens is 2. The van der Waals surface area contributed by atoms with Crippen LogP contribution in [0, 0.1) is 6.92 Å². The highest BCUT2D eigenvalue weighted by Gasteiger charge is 2.11. The molecule has 1 aromatic heterocycles. The molecular weight excluding hydrogens is 360 g/mol. The average Bonchev–Trinajstić information content (AvgIpc) is 2.65. The molecule has 2 amide bonds. The summed E-state index contributed by atoms with van der Waals surface area (Å²) in [6.07, 6.45) is 0. The second-order valence-electron chi connectivity index (χ2n) is 6.21. The number of aryl methyl sites for hydroxylation is 1. The molecule has 0 saturated carbocycles. The zero-order chi connectivity index (χ0) is 19.4. The fourth-order valence-corrected chi connectivity index (χ4v) is 3.45. The summed E-state index contributed by atoms with van der Waals surface area (Å²) in [5, 5.41) is 4.55. The molecule has 6 nitrogen and oxygen atoms in total. The van der Waals surface area contributed by atoms with Gasteiger partial charge in [0.25, 0.3) is 5.91 Å². The molecule has 0 atom stereocenters. The van der Waals surface area contributed by atoms with Gasteiger partial charge in [0.1, 0.15) is 10.9 Å². The summed E-state index contributed by atoms with van der Waals surface area (Å²) in [4.78, 5) is 34.8. The van der Waals surface area contributed by atoms with Gasteiger partial charge in [-0.1, -0.05) is 36.0 Å². The van der Waals surface area contributed by atoms with Gasteiger partial charge in [-0.2, -0.15) is 0 Å². The lowest BCUT2D eigenvalue weighted by Gasteiger charge is -2.12. The van der Waals surface area contributed by atoms with E-state index in [2.05, 4.69) is 15.3 Å². The van der Waals surface area contributed by atoms with Crippen LogP contribution in [-0.4, -0.2) is 46.5 Å². The van der Waals surface area contributed by atoms with Gasteiger partial charge in [0.2, 0.25) is 5.91 Å². The van der Waals surface area contributed by atoms with E-state index in [1.54, 1.807) is 38.4 Å². The Balaban J connectivity index is 1.69. The van der Waals surface area contributed by atoms with Gasteiger partial charge < -0.3 is 10.2 Å². The van der Waals surface area contributed by atoms with Gasteiger partial charge in [0.15, 0.2) is 0 Å². The van der Waals surface area contributed by atoms with Gasteiger partial charge in [0, 0.05) is 30.7 Å². The van der Waals surface area contributed by atoms with E-state index in [4.69, 9.17) is 0 Å². The number of rotatable bonds is 5. The van der Waals surface area contributed by atoms with Crippen molar-refractivity contribution in [1.82, 2.24) is 14.9 Å². The van der Waals surface area contributed by atoms with E-state index in [9.17, 15) is 9.59 Å². The molecule has 0 aliphatic rings. The standard InChI is InChI=1S/C20H20N4O2S/c1-13-21-17-10-5-4-9-16(17)19(22-13)27-12-18(25)23-15-8-6-7-14(11-15)20(26)24(2)3/h4-11H,12H2,1-3H3,(H,23,25). The fraction of sp³-hybridized carbons (Fsp3) is 0.200. The minimum Gasteiger partial charge on any atom is -0.345 e. The molecule has 0 saturated heterocycles. The van der Waals surface area contributed by atoms with E-state index in [-0.39, 0.29) is 17.6 Å². The third kappa shape index (κ3) is 4.62. The number of para-hydroxylation sites is 1. The van der Waals surface area contributed by atoms with Crippen LogP contribution in [0.4, 0.5) is 5.69 Å². The Morgan fingerprint density at radius 3 is 2.63 bits per heavy atom. The lowest BCUT2D eigenvalue weighted by atomic mass is 10.2. The molecular formula is C20H20N4O2S. The number of thioether (sulfide) groups is 1. The highest BCUT2D eigenvalue weighted by molar-refractivity contribution is 8.00. The predicted octanol–water partition coefficient (Wildman–Crippen LogP) is 3.37. The summed E-state index contributed by atoms with van der Waals surface area (Å²) >= 11 is 1.37. The Morgan fingerprint density at radius 2 is 1.85 bits per heavy atom. The fourth-order valence-electron chi connectivity index (χ4n) is 2.59. The third-order valence-corrected chi connectivity index (χ3v) is 4.81. The van der Waals surface area contributed by atoms with Crippen LogP contribution in [0.1, 0.15) is 16.2 Å². The number of carbonyl (C=O) groups is 2. The van der Waals surface area contributed by atoms with Gasteiger partial charge in [-0.25, -0.2) is 9.97 Å². The van der Waals surface area contributed by atoms with Gasteiger partial charge in [-0.05, 0) is 31.2 Å². The van der Waals surface area contributed by atoms with Gasteiger partial charge in [0.05, 0.1) is 11.3 Å². The van der Waals surface area contributed by atoms with Crippen LogP contribution >= 0.6 is 11.8 Å². The van der Waals surface area contributed by atoms with Crippen LogP contribution in [0.3, 0.4) is 0 Å². The lowest BCUT2D eigenvalue weighted by molar-refractivity contribution is -0.113. The number of amides is 2. The summed E-state index contributed by atoms with van der Waals surface area (Å²) in [7, 11) is 3.39. The van der Waals surface area contributed by atoms with Crippen LogP contribution in [0.2, 0.25) is 0 Å². The van der Waals surface area contributed by atoms with Crippen LogP contribution in [-0.2, 0) is 4.79 Å². The normalized spacial score (nSPS) is 10.6. The summed E-state index contributed by atoms with van der Waals surface area (Å²) in [6, 6.07) is 14.7. The number of hydrogen-bond acceptors (Lipinski definition) is 5. The number of fused-ring (bicyclic) bond motifs is 1. The molecule has 1 heterocycles. The molecule has 0 fully saturated rings. The van der Waals surface area contributed by atoms with Gasteiger partial charge >= 0.3 is 0 Å². The smallest absolute Gasteiger partial charge is 0.253 e. The van der Waals surface area contributed by atoms with E-state index in [1.807, 2.05) is 31.2 Å². The summed E-state index contributed by atoms with van der Waals surface area (Å²) in [6.45, 7) is 1.84. The maximum Gasteiger partial charge on any atom is 0.253 e. The molecule has 1 N–H and O–H groups in total. The molecule has 0 aliphatic carbocycles. The van der Waals surface area contributed by atoms with Crippen LogP contribution < -0.4 is 5.32 Å². The van der Waals surface area contributed by atoms with Crippen molar-refractivity contribution in [3.63, 3.8) is 0 Å². The Kier molecular flexibility index (Phi) is 5.71. The molecule has 3 rings (SSSR count). The minimum atomic E-state index is -0.158. The largest absolute Gasteiger partial charge is 0.345 e. The molecule has 27 heavy (non-hydrogen) atoms. The molecule has 3 aromatic rings. The van der Waals surface area contributed by atoms with E-state index < -0.39 is 0 Å². The number of nitrogens with zero attached hydrogens (tertiary/aromatic N) is 3. The summed E-state index contributed by atoms with van der Waals surface area (Å²) in [5.74, 6) is 0.622. The zero-order valence-corrected chi connectivity index (χ0v) is 16.2. The van der Waals surface area contributed by atoms with Crippen molar-refractivity contribution < 1.29 is 9.59 Å². The van der Waals surface area contributed by atoms with E-state index in [1.165, 1.54) is 16.7 Å². The molecule has 0 radical (unpaired) electrons. The number of hydrogen-bond donors (Lipinski definition) is 1. The van der Waals surface area contributed by atoms with Crippen molar-refractivity contribution in [2.45, 2.75) is 11.9 Å². The first-order chi connectivity index (χ1) is 12.9. The average molecular weight is 380 g/mol. The van der Waals surface area contributed by atoms with Gasteiger partial charge in [-0.3, -0.25) is 9.59 Å². The Morgan fingerprint density at radius 1 is 1.07 bits per heavy atom. The molecule has 138 valence electrons. The topological polar surface area (TPSA) is 75.2 Å². The van der Waals surface area contributed by atoms with Crippen molar-refractivity contribution in [2.24, 2.45) is 0 Å². The first kappa shape index (κ1) is 18.8. The van der Waals surface area contributed by atoms with Crippen molar-refractivity contribution in [2.75, 3.05) is 25.2 Å². The Hall–Kier alpha value is -2.93. The maximum absolute atomic E-state index is 12.4. The van der Waals surface area contributed by atoms with Crippen LogP contribution in [0.25, 0.3) is 10.9 Å². The molecule has 0 spiro atoms. The van der Waals surface area contributed by atoms with Crippen molar-refractivity contribution in [1.29, 1.82) is 0 Å². The van der Waals surface area contributed by atoms with Crippen molar-refractivity contribution in [3.05, 3.63) is 59.9 Å². The van der Waals surface area contributed by atoms with Crippen LogP contribution in [0.5, 0.6) is 0 Å². The quantitative estimate of drug-likeness (QED) is 0.543. The molecule has 2 aromatic carbocycles. The van der Waals surface area contributed by atoms with E-state index in [0.29, 0.717) is 17.1 Å². The second-order valence-corrected chi connectivity index (χ2v) is 7.17. The number of benzene rings is 2. The highest BCUT2D eigenvalue weighted by atomic mass is 32.2. The maximum atomic E-state index is 12.4. The molecule has 0 bridgehead atoms. The predicted molar refractivity (Wildman–Crippen MR) is 108 cm³/mol. The highest BCUT2D eigenvalue weighted by Crippen LogP contribution is 2.25. The molecule has 0 unspecified atom stereocenters. The van der Waals surface area contributed by atoms with Crippen LogP contribution in [0.15, 0.2) is 53.6 Å². The number of anilines is 1. The van der Waals surface area contributed by atoms with Crippen molar-refractivity contribution in [3.8, 4) is 0 Å². The SMILES string of the molecule is Cc1nc(SCC(=O)Nc2cccc(C(=O)N(C)C)c2)c2ccccc2n1. The third-order valence-electron chi connectivity index (χ3n) is 3.82. The Bertz CT molecular complexity index is 1000. The van der Waals surface area contributed by atoms with E-state index >= 15 is 0 Å². The first-order valence-electron chi connectivity index (χ1n) is 8.42. The van der Waals surface area contributed by atoms with Crippen molar-refractivity contribution >= 4 is 40.2 Å².